The number of esters is 1. The molecule has 0 spiro atoms. The van der Waals surface area contributed by atoms with Gasteiger partial charge >= 0.3 is 12.0 Å². The van der Waals surface area contributed by atoms with Crippen molar-refractivity contribution in [2.75, 3.05) is 38.6 Å². The van der Waals surface area contributed by atoms with Crippen molar-refractivity contribution in [3.05, 3.63) is 29.8 Å². The van der Waals surface area contributed by atoms with Crippen molar-refractivity contribution in [2.45, 2.75) is 39.7 Å². The summed E-state index contributed by atoms with van der Waals surface area (Å²) in [6.45, 7) is 6.70. The Morgan fingerprint density at radius 2 is 1.87 bits per heavy atom. The Labute approximate surface area is 183 Å². The van der Waals surface area contributed by atoms with Gasteiger partial charge in [-0.25, -0.2) is 4.79 Å². The number of piperidine rings is 1. The number of likely N-dealkylation sites (N-methyl/N-ethyl adjacent to an activating group) is 1. The van der Waals surface area contributed by atoms with Gasteiger partial charge in [0.05, 0.1) is 19.1 Å². The first kappa shape index (κ1) is 24.2. The van der Waals surface area contributed by atoms with Crippen LogP contribution in [0.3, 0.4) is 0 Å². The standard InChI is InChI=1S/C22H32N4O5/c1-5-31-21(29)16-9-11-26(12-10-16)19(27)14-25(4)20(28)17-7-6-8-18(13-17)24-22(30)23-15(2)3/h6-8,13,15-16H,5,9-12,14H2,1-4H3,(H2,23,24,30). The van der Waals surface area contributed by atoms with Gasteiger partial charge in [0.25, 0.3) is 5.91 Å². The zero-order valence-corrected chi connectivity index (χ0v) is 18.6. The minimum Gasteiger partial charge on any atom is -0.466 e. The maximum Gasteiger partial charge on any atom is 0.319 e. The van der Waals surface area contributed by atoms with Crippen LogP contribution in [0.1, 0.15) is 44.0 Å². The maximum atomic E-state index is 12.8. The fraction of sp³-hybridized carbons (Fsp3) is 0.545. The van der Waals surface area contributed by atoms with E-state index in [0.29, 0.717) is 43.8 Å². The predicted molar refractivity (Wildman–Crippen MR) is 117 cm³/mol. The van der Waals surface area contributed by atoms with Gasteiger partial charge in [-0.2, -0.15) is 0 Å². The molecule has 1 heterocycles. The highest BCUT2D eigenvalue weighted by molar-refractivity contribution is 5.98. The average molecular weight is 433 g/mol. The van der Waals surface area contributed by atoms with Crippen LogP contribution in [0.15, 0.2) is 24.3 Å². The summed E-state index contributed by atoms with van der Waals surface area (Å²) in [5.41, 5.74) is 0.864. The molecule has 4 amide bonds. The first-order valence-electron chi connectivity index (χ1n) is 10.6. The van der Waals surface area contributed by atoms with E-state index in [1.54, 1.807) is 43.1 Å². The first-order chi connectivity index (χ1) is 14.7. The van der Waals surface area contributed by atoms with Crippen LogP contribution in [-0.4, -0.2) is 72.9 Å². The Hall–Kier alpha value is -3.10. The lowest BCUT2D eigenvalue weighted by atomic mass is 9.97. The summed E-state index contributed by atoms with van der Waals surface area (Å²) in [5.74, 6) is -0.865. The number of rotatable bonds is 7. The van der Waals surface area contributed by atoms with E-state index in [-0.39, 0.29) is 42.3 Å². The number of ether oxygens (including phenoxy) is 1. The van der Waals surface area contributed by atoms with Crippen molar-refractivity contribution < 1.29 is 23.9 Å². The van der Waals surface area contributed by atoms with Gasteiger partial charge in [-0.15, -0.1) is 0 Å². The molecule has 170 valence electrons. The number of nitrogens with one attached hydrogen (secondary N) is 2. The number of carbonyl (C=O) groups excluding carboxylic acids is 4. The van der Waals surface area contributed by atoms with Gasteiger partial charge in [0, 0.05) is 37.4 Å². The average Bonchev–Trinajstić information content (AvgIpc) is 2.73. The summed E-state index contributed by atoms with van der Waals surface area (Å²) in [4.78, 5) is 52.1. The molecule has 1 aliphatic heterocycles. The van der Waals surface area contributed by atoms with Gasteiger partial charge in [0.2, 0.25) is 5.91 Å². The molecule has 2 rings (SSSR count). The highest BCUT2D eigenvalue weighted by atomic mass is 16.5. The smallest absolute Gasteiger partial charge is 0.319 e. The summed E-state index contributed by atoms with van der Waals surface area (Å²) in [6, 6.07) is 6.22. The fourth-order valence-electron chi connectivity index (χ4n) is 3.38. The molecule has 9 nitrogen and oxygen atoms in total. The molecule has 1 aromatic carbocycles. The SMILES string of the molecule is CCOC(=O)C1CCN(C(=O)CN(C)C(=O)c2cccc(NC(=O)NC(C)C)c2)CC1. The lowest BCUT2D eigenvalue weighted by molar-refractivity contribution is -0.151. The number of urea groups is 1. The number of carbonyl (C=O) groups is 4. The molecule has 1 aromatic rings. The van der Waals surface area contributed by atoms with E-state index in [0.717, 1.165) is 0 Å². The third-order valence-electron chi connectivity index (χ3n) is 4.97. The number of likely N-dealkylation sites (tertiary alicyclic amines) is 1. The first-order valence-corrected chi connectivity index (χ1v) is 10.6. The van der Waals surface area contributed by atoms with Gasteiger partial charge < -0.3 is 25.2 Å². The van der Waals surface area contributed by atoms with Crippen molar-refractivity contribution in [1.82, 2.24) is 15.1 Å². The van der Waals surface area contributed by atoms with E-state index in [9.17, 15) is 19.2 Å². The lowest BCUT2D eigenvalue weighted by Gasteiger charge is -2.32. The van der Waals surface area contributed by atoms with Gasteiger partial charge in [-0.3, -0.25) is 14.4 Å². The van der Waals surface area contributed by atoms with Crippen LogP contribution in [0, 0.1) is 5.92 Å². The molecule has 0 aliphatic carbocycles. The zero-order valence-electron chi connectivity index (χ0n) is 18.6. The van der Waals surface area contributed by atoms with Crippen molar-refractivity contribution in [2.24, 2.45) is 5.92 Å². The van der Waals surface area contributed by atoms with Crippen molar-refractivity contribution in [3.63, 3.8) is 0 Å². The Balaban J connectivity index is 1.89. The third kappa shape index (κ3) is 7.27. The Bertz CT molecular complexity index is 803. The third-order valence-corrected chi connectivity index (χ3v) is 4.97. The molecule has 0 unspecified atom stereocenters. The molecule has 0 aromatic heterocycles. The summed E-state index contributed by atoms with van der Waals surface area (Å²) < 4.78 is 5.05. The molecule has 1 fully saturated rings. The Morgan fingerprint density at radius 3 is 2.48 bits per heavy atom. The number of anilines is 1. The van der Waals surface area contributed by atoms with Crippen LogP contribution in [0.25, 0.3) is 0 Å². The van der Waals surface area contributed by atoms with Crippen LogP contribution in [-0.2, 0) is 14.3 Å². The Morgan fingerprint density at radius 1 is 1.19 bits per heavy atom. The molecule has 2 N–H and O–H groups in total. The molecule has 0 bridgehead atoms. The van der Waals surface area contributed by atoms with E-state index < -0.39 is 0 Å². The molecule has 0 radical (unpaired) electrons. The summed E-state index contributed by atoms with van der Waals surface area (Å²) >= 11 is 0. The van der Waals surface area contributed by atoms with E-state index >= 15 is 0 Å². The molecule has 1 saturated heterocycles. The minimum atomic E-state index is -0.352. The van der Waals surface area contributed by atoms with Gasteiger partial charge in [0.15, 0.2) is 0 Å². The second kappa shape index (κ2) is 11.3. The topological polar surface area (TPSA) is 108 Å². The molecule has 0 atom stereocenters. The van der Waals surface area contributed by atoms with Crippen LogP contribution in [0.4, 0.5) is 10.5 Å². The van der Waals surface area contributed by atoms with E-state index in [1.165, 1.54) is 4.90 Å². The number of nitrogens with zero attached hydrogens (tertiary/aromatic N) is 2. The molecule has 31 heavy (non-hydrogen) atoms. The largest absolute Gasteiger partial charge is 0.466 e. The van der Waals surface area contributed by atoms with Crippen molar-refractivity contribution >= 4 is 29.5 Å². The highest BCUT2D eigenvalue weighted by Crippen LogP contribution is 2.19. The quantitative estimate of drug-likeness (QED) is 0.642. The number of benzene rings is 1. The molecule has 0 saturated carbocycles. The van der Waals surface area contributed by atoms with Crippen LogP contribution in [0.2, 0.25) is 0 Å². The van der Waals surface area contributed by atoms with Crippen LogP contribution < -0.4 is 10.6 Å². The van der Waals surface area contributed by atoms with E-state index in [1.807, 2.05) is 13.8 Å². The summed E-state index contributed by atoms with van der Waals surface area (Å²) in [6.07, 6.45) is 1.13. The van der Waals surface area contributed by atoms with Gasteiger partial charge in [-0.1, -0.05) is 6.07 Å². The molecular formula is C22H32N4O5. The highest BCUT2D eigenvalue weighted by Gasteiger charge is 2.29. The molecular weight excluding hydrogens is 400 g/mol. The lowest BCUT2D eigenvalue weighted by Crippen LogP contribution is -2.45. The monoisotopic (exact) mass is 432 g/mol. The predicted octanol–water partition coefficient (Wildman–Crippen LogP) is 2.09. The Kier molecular flexibility index (Phi) is 8.84. The maximum absolute atomic E-state index is 12.8. The summed E-state index contributed by atoms with van der Waals surface area (Å²) in [7, 11) is 1.57. The minimum absolute atomic E-state index is 0.00989. The zero-order chi connectivity index (χ0) is 23.0. The fourth-order valence-corrected chi connectivity index (χ4v) is 3.38. The van der Waals surface area contributed by atoms with Gasteiger partial charge in [-0.05, 0) is 51.8 Å². The number of hydrogen-bond acceptors (Lipinski definition) is 5. The second-order valence-electron chi connectivity index (χ2n) is 7.90. The normalized spacial score (nSPS) is 14.2. The number of amides is 4. The molecule has 9 heteroatoms. The second-order valence-corrected chi connectivity index (χ2v) is 7.90. The van der Waals surface area contributed by atoms with Crippen LogP contribution >= 0.6 is 0 Å². The molecule has 1 aliphatic rings. The van der Waals surface area contributed by atoms with Crippen LogP contribution in [0.5, 0.6) is 0 Å². The number of hydrogen-bond donors (Lipinski definition) is 2. The summed E-state index contributed by atoms with van der Waals surface area (Å²) in [5, 5.41) is 5.41. The van der Waals surface area contributed by atoms with E-state index in [4.69, 9.17) is 4.74 Å². The van der Waals surface area contributed by atoms with E-state index in [2.05, 4.69) is 10.6 Å². The van der Waals surface area contributed by atoms with Gasteiger partial charge in [0.1, 0.15) is 0 Å². The van der Waals surface area contributed by atoms with Crippen molar-refractivity contribution in [3.8, 4) is 0 Å². The van der Waals surface area contributed by atoms with Crippen molar-refractivity contribution in [1.29, 1.82) is 0 Å².